The molecular weight excluding hydrogens is 343 g/mol. The third-order valence-electron chi connectivity index (χ3n) is 3.06. The van der Waals surface area contributed by atoms with Crippen molar-refractivity contribution in [3.63, 3.8) is 0 Å². The van der Waals surface area contributed by atoms with Gasteiger partial charge in [0, 0.05) is 10.8 Å². The molecule has 9 heteroatoms. The highest BCUT2D eigenvalue weighted by Crippen LogP contribution is 2.41. The van der Waals surface area contributed by atoms with E-state index in [0.29, 0.717) is 10.8 Å². The number of ether oxygens (including phenoxy) is 1. The summed E-state index contributed by atoms with van der Waals surface area (Å²) in [6.07, 6.45) is -5.07. The zero-order valence-corrected chi connectivity index (χ0v) is 12.1. The normalized spacial score (nSPS) is 12.1. The predicted octanol–water partition coefficient (Wildman–Crippen LogP) is 5.17. The highest BCUT2D eigenvalue weighted by Gasteiger charge is 2.33. The van der Waals surface area contributed by atoms with E-state index in [-0.39, 0.29) is 15.1 Å². The van der Waals surface area contributed by atoms with Crippen LogP contribution in [0.3, 0.4) is 0 Å². The maximum atomic E-state index is 14.3. The van der Waals surface area contributed by atoms with Crippen LogP contribution in [0.25, 0.3) is 20.2 Å². The van der Waals surface area contributed by atoms with Gasteiger partial charge in [-0.05, 0) is 24.3 Å². The Labute approximate surface area is 129 Å². The van der Waals surface area contributed by atoms with Crippen molar-refractivity contribution >= 4 is 31.5 Å². The fourth-order valence-corrected chi connectivity index (χ4v) is 3.28. The van der Waals surface area contributed by atoms with E-state index in [1.165, 1.54) is 19.2 Å². The molecule has 3 aromatic rings. The first-order chi connectivity index (χ1) is 10.8. The molecular formula is C14H7F5O3S. The molecule has 0 saturated carbocycles. The number of hydrogen-bond donors (Lipinski definition) is 0. The average molecular weight is 350 g/mol. The molecule has 0 spiro atoms. The summed E-state index contributed by atoms with van der Waals surface area (Å²) in [6.45, 7) is 0. The quantitative estimate of drug-likeness (QED) is 0.370. The second kappa shape index (κ2) is 5.50. The maximum absolute atomic E-state index is 14.3. The van der Waals surface area contributed by atoms with Crippen molar-refractivity contribution in [3.05, 3.63) is 35.9 Å². The lowest BCUT2D eigenvalue weighted by Gasteiger charge is -2.07. The number of benzene rings is 2. The fraction of sp³-hybridized carbons (Fsp3) is 0.143. The molecule has 0 unspecified atom stereocenters. The number of hydrogen-bond acceptors (Lipinski definition) is 4. The van der Waals surface area contributed by atoms with E-state index < -0.39 is 23.7 Å². The molecule has 0 amide bonds. The molecule has 0 aliphatic heterocycles. The Bertz CT molecular complexity index is 888. The molecule has 3 rings (SSSR count). The number of alkyl halides is 3. The highest BCUT2D eigenvalue weighted by molar-refractivity contribution is 7.25. The highest BCUT2D eigenvalue weighted by atomic mass is 32.1. The van der Waals surface area contributed by atoms with Crippen molar-refractivity contribution in [2.75, 3.05) is 7.11 Å². The summed E-state index contributed by atoms with van der Waals surface area (Å²) in [6, 6.07) is 5.25. The molecule has 0 N–H and O–H groups in total. The van der Waals surface area contributed by atoms with Crippen molar-refractivity contribution in [2.45, 2.75) is 6.36 Å². The maximum Gasteiger partial charge on any atom is 0.558 e. The average Bonchev–Trinajstić information content (AvgIpc) is 2.87. The van der Waals surface area contributed by atoms with E-state index in [1.54, 1.807) is 6.07 Å². The van der Waals surface area contributed by atoms with Crippen molar-refractivity contribution < 1.29 is 36.5 Å². The van der Waals surface area contributed by atoms with Crippen molar-refractivity contribution in [3.8, 4) is 11.5 Å². The first-order valence-electron chi connectivity index (χ1n) is 6.11. The van der Waals surface area contributed by atoms with Gasteiger partial charge < -0.3 is 9.62 Å². The first kappa shape index (κ1) is 15.8. The number of halogens is 5. The summed E-state index contributed by atoms with van der Waals surface area (Å²) in [4.78, 5) is 7.12. The number of rotatable bonds is 3. The molecule has 0 radical (unpaired) electrons. The van der Waals surface area contributed by atoms with Crippen LogP contribution in [0.4, 0.5) is 22.0 Å². The third kappa shape index (κ3) is 2.77. The minimum atomic E-state index is -5.07. The minimum absolute atomic E-state index is 0.0126. The van der Waals surface area contributed by atoms with Gasteiger partial charge in [0.25, 0.3) is 0 Å². The Balaban J connectivity index is 2.14. The van der Waals surface area contributed by atoms with Gasteiger partial charge in [0.05, 0.1) is 16.5 Å². The van der Waals surface area contributed by atoms with Crippen LogP contribution >= 0.6 is 11.3 Å². The van der Waals surface area contributed by atoms with E-state index in [4.69, 9.17) is 4.74 Å². The van der Waals surface area contributed by atoms with Gasteiger partial charge in [0.2, 0.25) is 5.75 Å². The SMILES string of the molecule is COc1ccc2c(sc3c(F)c(OOC(F)(F)F)ccc32)c1F. The van der Waals surface area contributed by atoms with Gasteiger partial charge in [0.15, 0.2) is 17.4 Å². The van der Waals surface area contributed by atoms with Crippen LogP contribution in [0.2, 0.25) is 0 Å². The lowest BCUT2D eigenvalue weighted by Crippen LogP contribution is -2.16. The first-order valence-corrected chi connectivity index (χ1v) is 6.93. The second-order valence-corrected chi connectivity index (χ2v) is 5.45. The molecule has 2 aromatic carbocycles. The number of fused-ring (bicyclic) bond motifs is 3. The summed E-state index contributed by atoms with van der Waals surface area (Å²) in [5.41, 5.74) is 0. The van der Waals surface area contributed by atoms with Gasteiger partial charge in [-0.15, -0.1) is 24.5 Å². The van der Waals surface area contributed by atoms with Gasteiger partial charge in [-0.1, -0.05) is 4.89 Å². The molecule has 1 heterocycles. The molecule has 122 valence electrons. The molecule has 0 bridgehead atoms. The molecule has 0 saturated heterocycles. The van der Waals surface area contributed by atoms with Crippen molar-refractivity contribution in [1.82, 2.24) is 0 Å². The zero-order chi connectivity index (χ0) is 16.8. The summed E-state index contributed by atoms with van der Waals surface area (Å²) in [5, 5.41) is 0.772. The molecule has 0 aliphatic carbocycles. The van der Waals surface area contributed by atoms with Crippen LogP contribution in [-0.2, 0) is 4.89 Å². The molecule has 0 atom stereocenters. The topological polar surface area (TPSA) is 27.7 Å². The van der Waals surface area contributed by atoms with Gasteiger partial charge in [-0.2, -0.15) is 0 Å². The predicted molar refractivity (Wildman–Crippen MR) is 73.6 cm³/mol. The molecule has 0 fully saturated rings. The van der Waals surface area contributed by atoms with Crippen LogP contribution in [0.1, 0.15) is 0 Å². The molecule has 1 aromatic heterocycles. The standard InChI is InChI=1S/C14H7F5O3S/c1-20-8-4-2-6-7-3-5-9(21-22-14(17,18)19)11(16)13(7)23-12(6)10(8)15/h2-5H,1H3. The Kier molecular flexibility index (Phi) is 3.77. The minimum Gasteiger partial charge on any atom is -0.494 e. The Hall–Kier alpha value is -2.13. The molecule has 3 nitrogen and oxygen atoms in total. The zero-order valence-electron chi connectivity index (χ0n) is 11.3. The Morgan fingerprint density at radius 1 is 0.870 bits per heavy atom. The van der Waals surface area contributed by atoms with Crippen LogP contribution < -0.4 is 9.62 Å². The summed E-state index contributed by atoms with van der Waals surface area (Å²) in [7, 11) is 1.29. The van der Waals surface area contributed by atoms with Crippen LogP contribution in [0, 0.1) is 11.6 Å². The summed E-state index contributed by atoms with van der Waals surface area (Å²) < 4.78 is 69.3. The van der Waals surface area contributed by atoms with Crippen LogP contribution in [-0.4, -0.2) is 13.5 Å². The van der Waals surface area contributed by atoms with Gasteiger partial charge >= 0.3 is 6.36 Å². The lowest BCUT2D eigenvalue weighted by atomic mass is 10.1. The Morgan fingerprint density at radius 3 is 1.91 bits per heavy atom. The van der Waals surface area contributed by atoms with E-state index in [2.05, 4.69) is 9.78 Å². The van der Waals surface area contributed by atoms with Gasteiger partial charge in [-0.3, -0.25) is 0 Å². The summed E-state index contributed by atoms with van der Waals surface area (Å²) >= 11 is 0.745. The Morgan fingerprint density at radius 2 is 1.39 bits per heavy atom. The summed E-state index contributed by atoms with van der Waals surface area (Å²) in [5.74, 6) is -2.49. The number of methoxy groups -OCH3 is 1. The van der Waals surface area contributed by atoms with Gasteiger partial charge in [-0.25, -0.2) is 8.78 Å². The van der Waals surface area contributed by atoms with E-state index in [0.717, 1.165) is 17.4 Å². The fourth-order valence-electron chi connectivity index (χ4n) is 2.12. The lowest BCUT2D eigenvalue weighted by molar-refractivity contribution is -0.445. The monoisotopic (exact) mass is 350 g/mol. The molecule has 0 aliphatic rings. The van der Waals surface area contributed by atoms with E-state index in [1.807, 2.05) is 0 Å². The number of thiophene rings is 1. The van der Waals surface area contributed by atoms with Crippen LogP contribution in [0.15, 0.2) is 24.3 Å². The van der Waals surface area contributed by atoms with E-state index >= 15 is 0 Å². The van der Waals surface area contributed by atoms with Gasteiger partial charge in [0.1, 0.15) is 0 Å². The third-order valence-corrected chi connectivity index (χ3v) is 4.27. The molecule has 23 heavy (non-hydrogen) atoms. The van der Waals surface area contributed by atoms with Crippen molar-refractivity contribution in [2.24, 2.45) is 0 Å². The van der Waals surface area contributed by atoms with E-state index in [9.17, 15) is 22.0 Å². The van der Waals surface area contributed by atoms with Crippen molar-refractivity contribution in [1.29, 1.82) is 0 Å². The largest absolute Gasteiger partial charge is 0.558 e. The van der Waals surface area contributed by atoms with Crippen LogP contribution in [0.5, 0.6) is 11.5 Å². The second-order valence-electron chi connectivity index (χ2n) is 4.43. The smallest absolute Gasteiger partial charge is 0.494 e.